The van der Waals surface area contributed by atoms with Crippen molar-refractivity contribution in [3.8, 4) is 23.1 Å². The second-order valence-corrected chi connectivity index (χ2v) is 15.6. The van der Waals surface area contributed by atoms with Gasteiger partial charge in [-0.05, 0) is 57.2 Å². The first kappa shape index (κ1) is 29.4. The molecular formula is C38H46N3O2+. The van der Waals surface area contributed by atoms with Crippen LogP contribution in [0, 0.1) is 6.67 Å². The van der Waals surface area contributed by atoms with Crippen LogP contribution in [-0.2, 0) is 16.2 Å². The Labute approximate surface area is 257 Å². The van der Waals surface area contributed by atoms with E-state index in [-0.39, 0.29) is 16.2 Å². The number of quaternary nitrogens is 2. The van der Waals surface area contributed by atoms with Gasteiger partial charge in [0.25, 0.3) is 0 Å². The van der Waals surface area contributed by atoms with Crippen molar-refractivity contribution in [2.45, 2.75) is 78.6 Å². The summed E-state index contributed by atoms with van der Waals surface area (Å²) in [7, 11) is 2.32. The molecule has 4 aromatic rings. The summed E-state index contributed by atoms with van der Waals surface area (Å²) >= 11 is 0. The lowest BCUT2D eigenvalue weighted by molar-refractivity contribution is 0.157. The molecule has 0 N–H and O–H groups in total. The van der Waals surface area contributed by atoms with Gasteiger partial charge in [-0.15, -0.1) is 0 Å². The average Bonchev–Trinajstić information content (AvgIpc) is 3.30. The molecule has 2 atom stereocenters. The van der Waals surface area contributed by atoms with Crippen molar-refractivity contribution in [3.63, 3.8) is 0 Å². The maximum absolute atomic E-state index is 6.58. The van der Waals surface area contributed by atoms with Crippen LogP contribution in [0.15, 0.2) is 79.0 Å². The van der Waals surface area contributed by atoms with E-state index in [1.54, 1.807) is 6.20 Å². The van der Waals surface area contributed by atoms with Gasteiger partial charge >= 0.3 is 0 Å². The summed E-state index contributed by atoms with van der Waals surface area (Å²) in [4.78, 5) is 4.44. The molecule has 3 aliphatic heterocycles. The Bertz CT molecular complexity index is 1700. The van der Waals surface area contributed by atoms with Crippen molar-refractivity contribution in [1.82, 2.24) is 14.0 Å². The van der Waals surface area contributed by atoms with Gasteiger partial charge in [-0.3, -0.25) is 4.48 Å². The Hall–Kier alpha value is -3.67. The van der Waals surface area contributed by atoms with Gasteiger partial charge in [0.1, 0.15) is 22.9 Å². The number of hydrogen-bond acceptors (Lipinski definition) is 3. The second-order valence-electron chi connectivity index (χ2n) is 15.6. The van der Waals surface area contributed by atoms with Crippen LogP contribution >= 0.6 is 0 Å². The third-order valence-electron chi connectivity index (χ3n) is 8.87. The van der Waals surface area contributed by atoms with Crippen LogP contribution in [0.4, 0.5) is 17.1 Å². The number of rotatable bonds is 5. The lowest BCUT2D eigenvalue weighted by atomic mass is 9.86. The Morgan fingerprint density at radius 1 is 0.628 bits per heavy atom. The lowest BCUT2D eigenvalue weighted by Gasteiger charge is -2.55. The molecule has 0 spiro atoms. The predicted molar refractivity (Wildman–Crippen MR) is 178 cm³/mol. The Balaban J connectivity index is 1.33. The van der Waals surface area contributed by atoms with E-state index in [4.69, 9.17) is 9.47 Å². The molecule has 2 bridgehead atoms. The van der Waals surface area contributed by atoms with Gasteiger partial charge in [0, 0.05) is 42.6 Å². The molecule has 0 amide bonds. The SMILES string of the molecule is CC(C)(C)c1cc(Oc2cccc(Oc3cc(C(C)(C)C)ccn3)c2)cc([N@@+]23[CH-][N@@+](C)(C2)c2cc(C(C)(C)C)ccc23)c1. The van der Waals surface area contributed by atoms with Gasteiger partial charge in [-0.25, -0.2) is 4.98 Å². The predicted octanol–water partition coefficient (Wildman–Crippen LogP) is 10.2. The first-order valence-electron chi connectivity index (χ1n) is 15.3. The molecule has 3 aromatic carbocycles. The minimum absolute atomic E-state index is 0.0166. The first-order valence-corrected chi connectivity index (χ1v) is 15.3. The molecule has 0 unspecified atom stereocenters. The highest BCUT2D eigenvalue weighted by Crippen LogP contribution is 2.61. The summed E-state index contributed by atoms with van der Waals surface area (Å²) < 4.78 is 14.3. The minimum atomic E-state index is -0.0389. The molecule has 0 aliphatic carbocycles. The van der Waals surface area contributed by atoms with Crippen molar-refractivity contribution in [3.05, 3.63) is 102 Å². The number of ether oxygens (including phenoxy) is 2. The number of aromatic nitrogens is 1. The zero-order valence-corrected chi connectivity index (χ0v) is 27.4. The first-order chi connectivity index (χ1) is 20.0. The molecule has 1 aromatic heterocycles. The van der Waals surface area contributed by atoms with E-state index in [2.05, 4.69) is 117 Å². The van der Waals surface area contributed by atoms with Gasteiger partial charge in [0.05, 0.1) is 13.7 Å². The Kier molecular flexibility index (Phi) is 6.61. The summed E-state index contributed by atoms with van der Waals surface area (Å²) in [6.07, 6.45) is 1.81. The van der Waals surface area contributed by atoms with Crippen molar-refractivity contribution in [1.29, 1.82) is 0 Å². The molecular weight excluding hydrogens is 530 g/mol. The Morgan fingerprint density at radius 2 is 1.26 bits per heavy atom. The van der Waals surface area contributed by atoms with Crippen LogP contribution in [0.25, 0.3) is 0 Å². The summed E-state index contributed by atoms with van der Waals surface area (Å²) in [6.45, 7) is 23.6. The highest BCUT2D eigenvalue weighted by Gasteiger charge is 2.59. The fourth-order valence-electron chi connectivity index (χ4n) is 6.27. The van der Waals surface area contributed by atoms with E-state index >= 15 is 0 Å². The summed E-state index contributed by atoms with van der Waals surface area (Å²) in [5, 5.41) is 0. The fourth-order valence-corrected chi connectivity index (χ4v) is 6.27. The van der Waals surface area contributed by atoms with Crippen molar-refractivity contribution in [2.75, 3.05) is 13.7 Å². The average molecular weight is 577 g/mol. The van der Waals surface area contributed by atoms with Crippen molar-refractivity contribution in [2.24, 2.45) is 0 Å². The Morgan fingerprint density at radius 3 is 1.91 bits per heavy atom. The van der Waals surface area contributed by atoms with Crippen molar-refractivity contribution >= 4 is 17.1 Å². The molecule has 5 heteroatoms. The number of benzene rings is 3. The molecule has 5 nitrogen and oxygen atoms in total. The van der Waals surface area contributed by atoms with Gasteiger partial charge in [-0.1, -0.05) is 74.4 Å². The van der Waals surface area contributed by atoms with E-state index in [1.807, 2.05) is 36.4 Å². The highest BCUT2D eigenvalue weighted by molar-refractivity contribution is 5.85. The highest BCUT2D eigenvalue weighted by atomic mass is 16.5. The maximum atomic E-state index is 6.58. The summed E-state index contributed by atoms with van der Waals surface area (Å²) in [6, 6.07) is 25.7. The molecule has 7 rings (SSSR count). The summed E-state index contributed by atoms with van der Waals surface area (Å²) in [5.41, 5.74) is 7.87. The fraction of sp³-hybridized carbons (Fsp3) is 0.368. The molecule has 224 valence electrons. The number of nitrogens with zero attached hydrogens (tertiary/aromatic N) is 3. The zero-order valence-electron chi connectivity index (χ0n) is 27.4. The summed E-state index contributed by atoms with van der Waals surface area (Å²) in [5.74, 6) is 2.83. The second kappa shape index (κ2) is 9.67. The van der Waals surface area contributed by atoms with Gasteiger partial charge in [-0.2, -0.15) is 0 Å². The van der Waals surface area contributed by atoms with E-state index in [9.17, 15) is 0 Å². The molecule has 0 radical (unpaired) electrons. The van der Waals surface area contributed by atoms with Crippen LogP contribution in [0.5, 0.6) is 23.1 Å². The third-order valence-corrected chi connectivity index (χ3v) is 8.87. The number of hydrogen-bond donors (Lipinski definition) is 0. The van der Waals surface area contributed by atoms with Crippen LogP contribution in [0.2, 0.25) is 0 Å². The van der Waals surface area contributed by atoms with Crippen LogP contribution in [0.3, 0.4) is 0 Å². The van der Waals surface area contributed by atoms with Crippen LogP contribution < -0.4 is 18.4 Å². The normalized spacial score (nSPS) is 21.3. The van der Waals surface area contributed by atoms with E-state index in [0.717, 1.165) is 27.1 Å². The molecule has 4 heterocycles. The lowest BCUT2D eigenvalue weighted by Crippen LogP contribution is -2.68. The number of pyridine rings is 1. The minimum Gasteiger partial charge on any atom is -0.457 e. The molecule has 1 saturated heterocycles. The molecule has 3 aliphatic rings. The van der Waals surface area contributed by atoms with Gasteiger partial charge < -0.3 is 14.0 Å². The van der Waals surface area contributed by atoms with Gasteiger partial charge in [0.2, 0.25) is 5.88 Å². The van der Waals surface area contributed by atoms with E-state index in [0.29, 0.717) is 11.6 Å². The maximum Gasteiger partial charge on any atom is 0.219 e. The monoisotopic (exact) mass is 576 g/mol. The van der Waals surface area contributed by atoms with Crippen LogP contribution in [-0.4, -0.2) is 18.7 Å². The molecule has 0 saturated carbocycles. The standard InChI is InChI=1S/C38H46N3O2/c1-36(2,3)26-14-15-33-34(20-26)40(10)24-41(33,25-40)29-18-28(38(7,8)9)19-32(22-29)42-30-12-11-13-31(23-30)43-35-21-27(16-17-39-35)37(4,5)6/h11-24H,25H2,1-10H3/q+1/t40-,41+/m0/s1. The van der Waals surface area contributed by atoms with E-state index < -0.39 is 0 Å². The van der Waals surface area contributed by atoms with Gasteiger partial charge in [0.15, 0.2) is 18.0 Å². The van der Waals surface area contributed by atoms with Crippen LogP contribution in [0.1, 0.15) is 79.0 Å². The van der Waals surface area contributed by atoms with Crippen molar-refractivity contribution < 1.29 is 9.47 Å². The third kappa shape index (κ3) is 5.34. The molecule has 1 fully saturated rings. The quantitative estimate of drug-likeness (QED) is 0.175. The zero-order chi connectivity index (χ0) is 31.0. The smallest absolute Gasteiger partial charge is 0.219 e. The largest absolute Gasteiger partial charge is 0.457 e. The topological polar surface area (TPSA) is 31.4 Å². The molecule has 43 heavy (non-hydrogen) atoms. The van der Waals surface area contributed by atoms with E-state index in [1.165, 1.54) is 33.8 Å².